The first-order valence-corrected chi connectivity index (χ1v) is 7.72. The second-order valence-electron chi connectivity index (χ2n) is 4.15. The van der Waals surface area contributed by atoms with Crippen LogP contribution >= 0.6 is 0 Å². The van der Waals surface area contributed by atoms with E-state index in [4.69, 9.17) is 11.5 Å². The van der Waals surface area contributed by atoms with Gasteiger partial charge in [0.15, 0.2) is 0 Å². The summed E-state index contributed by atoms with van der Waals surface area (Å²) in [4.78, 5) is 12.3. The van der Waals surface area contributed by atoms with Crippen molar-refractivity contribution in [3.05, 3.63) is 41.7 Å². The van der Waals surface area contributed by atoms with Gasteiger partial charge in [0.2, 0.25) is 0 Å². The number of nitrogens with zero attached hydrogens (tertiary/aromatic N) is 3. The molecule has 0 amide bonds. The quantitative estimate of drug-likeness (QED) is 0.636. The molecule has 23 heavy (non-hydrogen) atoms. The molecule has 5 nitrogen and oxygen atoms in total. The fourth-order valence-corrected chi connectivity index (χ4v) is 1.55. The van der Waals surface area contributed by atoms with Crippen molar-refractivity contribution in [2.75, 3.05) is 11.5 Å². The molecule has 0 saturated carbocycles. The van der Waals surface area contributed by atoms with Gasteiger partial charge in [-0.1, -0.05) is 33.8 Å². The molecule has 0 aliphatic heterocycles. The van der Waals surface area contributed by atoms with E-state index in [9.17, 15) is 0 Å². The molecule has 1 aromatic carbocycles. The number of anilines is 2. The van der Waals surface area contributed by atoms with Gasteiger partial charge < -0.3 is 11.5 Å². The Bertz CT molecular complexity index is 631. The summed E-state index contributed by atoms with van der Waals surface area (Å²) in [6.07, 6.45) is 3.43. The molecule has 0 saturated heterocycles. The van der Waals surface area contributed by atoms with Crippen LogP contribution in [-0.2, 0) is 0 Å². The molecule has 2 aromatic rings. The van der Waals surface area contributed by atoms with Crippen LogP contribution in [0.4, 0.5) is 22.7 Å². The lowest BCUT2D eigenvalue weighted by Gasteiger charge is -2.04. The predicted molar refractivity (Wildman–Crippen MR) is 103 cm³/mol. The van der Waals surface area contributed by atoms with E-state index in [1.54, 1.807) is 24.5 Å². The van der Waals surface area contributed by atoms with Crippen LogP contribution < -0.4 is 11.5 Å². The van der Waals surface area contributed by atoms with Crippen LogP contribution in [0.1, 0.15) is 39.0 Å². The van der Waals surface area contributed by atoms with E-state index in [0.29, 0.717) is 22.7 Å². The van der Waals surface area contributed by atoms with Crippen molar-refractivity contribution in [2.24, 2.45) is 9.98 Å². The fourth-order valence-electron chi connectivity index (χ4n) is 1.55. The lowest BCUT2D eigenvalue weighted by atomic mass is 10.2. The first kappa shape index (κ1) is 20.3. The third-order valence-corrected chi connectivity index (χ3v) is 2.62. The molecule has 0 spiro atoms. The topological polar surface area (TPSA) is 89.6 Å². The minimum absolute atomic E-state index is 0.494. The molecule has 0 radical (unpaired) electrons. The summed E-state index contributed by atoms with van der Waals surface area (Å²) >= 11 is 0. The molecule has 124 valence electrons. The standard InChI is InChI=1S/C14H15N5.2C2H6/c1-9-3-4-10(18-7-9)8-19-14-6-11(15)13(17-2)5-12(14)16;2*1-2/h3-8H,2,15-16H2,1H3;2*1-2H3. The first-order valence-electron chi connectivity index (χ1n) is 7.72. The number of rotatable bonds is 3. The van der Waals surface area contributed by atoms with Crippen molar-refractivity contribution in [3.63, 3.8) is 0 Å². The van der Waals surface area contributed by atoms with Crippen molar-refractivity contribution in [2.45, 2.75) is 34.6 Å². The number of hydrogen-bond donors (Lipinski definition) is 2. The molecule has 0 aliphatic rings. The van der Waals surface area contributed by atoms with Gasteiger partial charge in [0.05, 0.1) is 34.7 Å². The van der Waals surface area contributed by atoms with Crippen molar-refractivity contribution in [1.82, 2.24) is 4.98 Å². The van der Waals surface area contributed by atoms with Crippen LogP contribution in [0.25, 0.3) is 0 Å². The SMILES string of the molecule is C=Nc1cc(N)c(N=Cc2ccc(C)cn2)cc1N.CC.CC. The fraction of sp³-hybridized carbons (Fsp3) is 0.278. The van der Waals surface area contributed by atoms with Crippen molar-refractivity contribution in [1.29, 1.82) is 0 Å². The first-order chi connectivity index (χ1) is 11.1. The molecular formula is C18H27N5. The second-order valence-corrected chi connectivity index (χ2v) is 4.15. The van der Waals surface area contributed by atoms with Crippen molar-refractivity contribution < 1.29 is 0 Å². The van der Waals surface area contributed by atoms with E-state index in [1.165, 1.54) is 0 Å². The van der Waals surface area contributed by atoms with E-state index < -0.39 is 0 Å². The lowest BCUT2D eigenvalue weighted by molar-refractivity contribution is 1.25. The maximum atomic E-state index is 5.88. The number of aryl methyl sites for hydroxylation is 1. The number of aliphatic imine (C=N–C) groups is 2. The Kier molecular flexibility index (Phi) is 9.67. The molecule has 4 N–H and O–H groups in total. The number of aromatic nitrogens is 1. The highest BCUT2D eigenvalue weighted by atomic mass is 14.8. The van der Waals surface area contributed by atoms with Crippen LogP contribution in [0.15, 0.2) is 40.4 Å². The van der Waals surface area contributed by atoms with Gasteiger partial charge in [-0.3, -0.25) is 15.0 Å². The molecule has 0 fully saturated rings. The number of hydrogen-bond acceptors (Lipinski definition) is 5. The van der Waals surface area contributed by atoms with Crippen LogP contribution in [0.5, 0.6) is 0 Å². The number of nitrogen functional groups attached to an aromatic ring is 2. The minimum atomic E-state index is 0.494. The number of nitrogens with two attached hydrogens (primary N) is 2. The Morgan fingerprint density at radius 2 is 1.57 bits per heavy atom. The highest BCUT2D eigenvalue weighted by Gasteiger charge is 2.03. The Morgan fingerprint density at radius 1 is 1.00 bits per heavy atom. The number of benzene rings is 1. The monoisotopic (exact) mass is 313 g/mol. The van der Waals surface area contributed by atoms with E-state index in [2.05, 4.69) is 21.7 Å². The summed E-state index contributed by atoms with van der Waals surface area (Å²) in [6, 6.07) is 7.18. The molecule has 1 aromatic heterocycles. The molecule has 0 bridgehead atoms. The molecule has 0 unspecified atom stereocenters. The van der Waals surface area contributed by atoms with Gasteiger partial charge in [0.25, 0.3) is 0 Å². The van der Waals surface area contributed by atoms with E-state index in [1.807, 2.05) is 46.8 Å². The highest BCUT2D eigenvalue weighted by Crippen LogP contribution is 2.32. The zero-order chi connectivity index (χ0) is 17.8. The van der Waals surface area contributed by atoms with E-state index in [0.717, 1.165) is 11.3 Å². The molecule has 2 rings (SSSR count). The van der Waals surface area contributed by atoms with Crippen LogP contribution in [0, 0.1) is 6.92 Å². The lowest BCUT2D eigenvalue weighted by Crippen LogP contribution is -1.92. The van der Waals surface area contributed by atoms with Gasteiger partial charge in [-0.25, -0.2) is 0 Å². The summed E-state index contributed by atoms with van der Waals surface area (Å²) in [6.45, 7) is 13.4. The van der Waals surface area contributed by atoms with Gasteiger partial charge in [0, 0.05) is 6.20 Å². The maximum Gasteiger partial charge on any atom is 0.0881 e. The highest BCUT2D eigenvalue weighted by molar-refractivity contribution is 5.85. The van der Waals surface area contributed by atoms with Gasteiger partial charge in [-0.15, -0.1) is 0 Å². The predicted octanol–water partition coefficient (Wildman–Crippen LogP) is 4.69. The molecule has 1 heterocycles. The van der Waals surface area contributed by atoms with Crippen LogP contribution in [0.2, 0.25) is 0 Å². The van der Waals surface area contributed by atoms with Gasteiger partial charge in [-0.05, 0) is 37.4 Å². The van der Waals surface area contributed by atoms with Gasteiger partial charge >= 0.3 is 0 Å². The molecular weight excluding hydrogens is 286 g/mol. The summed E-state index contributed by atoms with van der Waals surface area (Å²) in [5.41, 5.74) is 15.7. The van der Waals surface area contributed by atoms with Gasteiger partial charge in [0.1, 0.15) is 0 Å². The molecule has 0 atom stereocenters. The zero-order valence-electron chi connectivity index (χ0n) is 14.7. The summed E-state index contributed by atoms with van der Waals surface area (Å²) < 4.78 is 0. The summed E-state index contributed by atoms with van der Waals surface area (Å²) in [5.74, 6) is 0. The minimum Gasteiger partial charge on any atom is -0.397 e. The van der Waals surface area contributed by atoms with E-state index in [-0.39, 0.29) is 0 Å². The smallest absolute Gasteiger partial charge is 0.0881 e. The molecule has 5 heteroatoms. The largest absolute Gasteiger partial charge is 0.397 e. The Hall–Kier alpha value is -2.69. The van der Waals surface area contributed by atoms with E-state index >= 15 is 0 Å². The zero-order valence-corrected chi connectivity index (χ0v) is 14.7. The third-order valence-electron chi connectivity index (χ3n) is 2.62. The maximum absolute atomic E-state index is 5.88. The molecule has 0 aliphatic carbocycles. The van der Waals surface area contributed by atoms with Crippen LogP contribution in [0.3, 0.4) is 0 Å². The van der Waals surface area contributed by atoms with Crippen LogP contribution in [-0.4, -0.2) is 17.9 Å². The average molecular weight is 313 g/mol. The Balaban J connectivity index is 0.00000112. The van der Waals surface area contributed by atoms with Gasteiger partial charge in [-0.2, -0.15) is 0 Å². The van der Waals surface area contributed by atoms with Crippen molar-refractivity contribution >= 4 is 35.7 Å². The normalized spacial score (nSPS) is 9.43. The average Bonchev–Trinajstić information content (AvgIpc) is 2.60. The van der Waals surface area contributed by atoms with Crippen molar-refractivity contribution in [3.8, 4) is 0 Å². The Morgan fingerprint density at radius 3 is 2.09 bits per heavy atom. The summed E-state index contributed by atoms with van der Waals surface area (Å²) in [7, 11) is 0. The Labute approximate surface area is 139 Å². The third kappa shape index (κ3) is 6.30. The summed E-state index contributed by atoms with van der Waals surface area (Å²) in [5, 5.41) is 0. The number of pyridine rings is 1. The second kappa shape index (κ2) is 11.0.